The SMILES string of the molecule is O=C(COc1ccc(Cl)cc1Cl)Nn1cnc2ccccc21. The molecule has 1 amide bonds. The average molecular weight is 336 g/mol. The zero-order chi connectivity index (χ0) is 15.5. The van der Waals surface area contributed by atoms with E-state index in [2.05, 4.69) is 10.4 Å². The number of halogens is 2. The third-order valence-corrected chi connectivity index (χ3v) is 3.48. The Balaban J connectivity index is 1.65. The van der Waals surface area contributed by atoms with Gasteiger partial charge in [-0.25, -0.2) is 9.66 Å². The van der Waals surface area contributed by atoms with Crippen molar-refractivity contribution in [1.82, 2.24) is 9.66 Å². The summed E-state index contributed by atoms with van der Waals surface area (Å²) in [7, 11) is 0. The second kappa shape index (κ2) is 6.25. The lowest BCUT2D eigenvalue weighted by molar-refractivity contribution is -0.119. The van der Waals surface area contributed by atoms with Crippen molar-refractivity contribution in [2.24, 2.45) is 0 Å². The quantitative estimate of drug-likeness (QED) is 0.793. The summed E-state index contributed by atoms with van der Waals surface area (Å²) in [6.07, 6.45) is 1.54. The summed E-state index contributed by atoms with van der Waals surface area (Å²) in [5.74, 6) is 0.0749. The van der Waals surface area contributed by atoms with Crippen LogP contribution in [0.4, 0.5) is 0 Å². The van der Waals surface area contributed by atoms with Crippen LogP contribution in [-0.4, -0.2) is 22.2 Å². The molecule has 0 aliphatic carbocycles. The molecule has 0 saturated heterocycles. The number of carbonyl (C=O) groups excluding carboxylic acids is 1. The van der Waals surface area contributed by atoms with E-state index in [9.17, 15) is 4.79 Å². The molecule has 0 spiro atoms. The standard InChI is InChI=1S/C15H11Cl2N3O2/c16-10-5-6-14(11(17)7-10)22-8-15(21)19-20-9-18-12-3-1-2-4-13(12)20/h1-7,9H,8H2,(H,19,21). The first kappa shape index (κ1) is 14.7. The van der Waals surface area contributed by atoms with Crippen molar-refractivity contribution in [1.29, 1.82) is 0 Å². The molecule has 3 aromatic rings. The number of hydrogen-bond donors (Lipinski definition) is 1. The number of rotatable bonds is 4. The summed E-state index contributed by atoms with van der Waals surface area (Å²) >= 11 is 11.8. The Morgan fingerprint density at radius 1 is 1.23 bits per heavy atom. The van der Waals surface area contributed by atoms with E-state index in [0.29, 0.717) is 15.8 Å². The number of aromatic nitrogens is 2. The maximum Gasteiger partial charge on any atom is 0.276 e. The van der Waals surface area contributed by atoms with E-state index in [1.54, 1.807) is 22.9 Å². The predicted molar refractivity (Wildman–Crippen MR) is 86.1 cm³/mol. The minimum atomic E-state index is -0.325. The first-order chi connectivity index (χ1) is 10.6. The van der Waals surface area contributed by atoms with Gasteiger partial charge in [-0.1, -0.05) is 35.3 Å². The zero-order valence-corrected chi connectivity index (χ0v) is 12.8. The molecule has 0 fully saturated rings. The van der Waals surface area contributed by atoms with Gasteiger partial charge in [0.25, 0.3) is 5.91 Å². The van der Waals surface area contributed by atoms with Crippen molar-refractivity contribution in [2.45, 2.75) is 0 Å². The second-order valence-corrected chi connectivity index (χ2v) is 5.35. The van der Waals surface area contributed by atoms with Crippen LogP contribution in [0.5, 0.6) is 5.75 Å². The molecule has 22 heavy (non-hydrogen) atoms. The highest BCUT2D eigenvalue weighted by atomic mass is 35.5. The molecular formula is C15H11Cl2N3O2. The van der Waals surface area contributed by atoms with Gasteiger partial charge in [-0.2, -0.15) is 0 Å². The van der Waals surface area contributed by atoms with E-state index in [4.69, 9.17) is 27.9 Å². The Morgan fingerprint density at radius 2 is 2.05 bits per heavy atom. The summed E-state index contributed by atoms with van der Waals surface area (Å²) in [5, 5.41) is 0.861. The van der Waals surface area contributed by atoms with Gasteiger partial charge in [-0.15, -0.1) is 0 Å². The summed E-state index contributed by atoms with van der Waals surface area (Å²) in [4.78, 5) is 16.1. The number of para-hydroxylation sites is 2. The monoisotopic (exact) mass is 335 g/mol. The largest absolute Gasteiger partial charge is 0.482 e. The summed E-state index contributed by atoms with van der Waals surface area (Å²) < 4.78 is 6.92. The van der Waals surface area contributed by atoms with Crippen LogP contribution in [0.3, 0.4) is 0 Å². The molecule has 0 unspecified atom stereocenters. The third kappa shape index (κ3) is 3.16. The summed E-state index contributed by atoms with van der Waals surface area (Å²) in [5.41, 5.74) is 4.29. The van der Waals surface area contributed by atoms with E-state index >= 15 is 0 Å². The first-order valence-electron chi connectivity index (χ1n) is 6.43. The Labute approximate surface area is 136 Å². The number of fused-ring (bicyclic) bond motifs is 1. The average Bonchev–Trinajstić information content (AvgIpc) is 2.90. The molecule has 5 nitrogen and oxygen atoms in total. The maximum absolute atomic E-state index is 12.0. The van der Waals surface area contributed by atoms with Crippen LogP contribution in [0, 0.1) is 0 Å². The molecule has 0 atom stereocenters. The van der Waals surface area contributed by atoms with E-state index in [1.807, 2.05) is 24.3 Å². The third-order valence-electron chi connectivity index (χ3n) is 2.95. The number of amides is 1. The Bertz CT molecular complexity index is 833. The molecule has 1 N–H and O–H groups in total. The van der Waals surface area contributed by atoms with Gasteiger partial charge in [0.15, 0.2) is 6.61 Å². The highest BCUT2D eigenvalue weighted by Crippen LogP contribution is 2.27. The fraction of sp³-hybridized carbons (Fsp3) is 0.0667. The van der Waals surface area contributed by atoms with Crippen LogP contribution < -0.4 is 10.2 Å². The van der Waals surface area contributed by atoms with Crippen molar-refractivity contribution in [3.63, 3.8) is 0 Å². The number of nitrogens with one attached hydrogen (secondary N) is 1. The van der Waals surface area contributed by atoms with Gasteiger partial charge >= 0.3 is 0 Å². The van der Waals surface area contributed by atoms with Gasteiger partial charge in [0.05, 0.1) is 16.1 Å². The fourth-order valence-corrected chi connectivity index (χ4v) is 2.41. The van der Waals surface area contributed by atoms with Gasteiger partial charge in [0, 0.05) is 5.02 Å². The van der Waals surface area contributed by atoms with Crippen molar-refractivity contribution in [3.8, 4) is 5.75 Å². The number of nitrogens with zero attached hydrogens (tertiary/aromatic N) is 2. The van der Waals surface area contributed by atoms with E-state index in [1.165, 1.54) is 6.33 Å². The molecule has 2 aromatic carbocycles. The molecule has 7 heteroatoms. The van der Waals surface area contributed by atoms with Gasteiger partial charge in [-0.05, 0) is 30.3 Å². The Morgan fingerprint density at radius 3 is 2.86 bits per heavy atom. The smallest absolute Gasteiger partial charge is 0.276 e. The molecule has 0 saturated carbocycles. The molecule has 0 radical (unpaired) electrons. The van der Waals surface area contributed by atoms with Crippen LogP contribution in [0.2, 0.25) is 10.0 Å². The van der Waals surface area contributed by atoms with Crippen LogP contribution in [0.25, 0.3) is 11.0 Å². The van der Waals surface area contributed by atoms with Gasteiger partial charge in [-0.3, -0.25) is 10.2 Å². The van der Waals surface area contributed by atoms with Crippen molar-refractivity contribution >= 4 is 40.1 Å². The number of carbonyl (C=O) groups is 1. The van der Waals surface area contributed by atoms with Crippen LogP contribution in [0.15, 0.2) is 48.8 Å². The Hall–Kier alpha value is -2.24. The van der Waals surface area contributed by atoms with Crippen molar-refractivity contribution in [3.05, 3.63) is 58.8 Å². The fourth-order valence-electron chi connectivity index (χ4n) is 1.95. The van der Waals surface area contributed by atoms with Crippen LogP contribution >= 0.6 is 23.2 Å². The molecule has 0 aliphatic rings. The number of benzene rings is 2. The van der Waals surface area contributed by atoms with Gasteiger partial charge < -0.3 is 4.74 Å². The first-order valence-corrected chi connectivity index (χ1v) is 7.19. The lowest BCUT2D eigenvalue weighted by Gasteiger charge is -2.09. The molecular weight excluding hydrogens is 325 g/mol. The molecule has 0 bridgehead atoms. The number of hydrogen-bond acceptors (Lipinski definition) is 3. The molecule has 1 aromatic heterocycles. The maximum atomic E-state index is 12.0. The predicted octanol–water partition coefficient (Wildman–Crippen LogP) is 3.49. The van der Waals surface area contributed by atoms with E-state index < -0.39 is 0 Å². The van der Waals surface area contributed by atoms with Gasteiger partial charge in [0.1, 0.15) is 12.1 Å². The second-order valence-electron chi connectivity index (χ2n) is 4.50. The number of ether oxygens (including phenoxy) is 1. The Kier molecular flexibility index (Phi) is 4.18. The summed E-state index contributed by atoms with van der Waals surface area (Å²) in [6, 6.07) is 12.3. The molecule has 112 valence electrons. The van der Waals surface area contributed by atoms with Crippen LogP contribution in [0.1, 0.15) is 0 Å². The number of imidazole rings is 1. The van der Waals surface area contributed by atoms with Crippen molar-refractivity contribution < 1.29 is 9.53 Å². The topological polar surface area (TPSA) is 56.1 Å². The molecule has 0 aliphatic heterocycles. The minimum Gasteiger partial charge on any atom is -0.482 e. The van der Waals surface area contributed by atoms with Crippen molar-refractivity contribution in [2.75, 3.05) is 12.0 Å². The lowest BCUT2D eigenvalue weighted by atomic mass is 10.3. The highest BCUT2D eigenvalue weighted by Gasteiger charge is 2.08. The zero-order valence-electron chi connectivity index (χ0n) is 11.3. The lowest BCUT2D eigenvalue weighted by Crippen LogP contribution is -2.27. The van der Waals surface area contributed by atoms with E-state index in [0.717, 1.165) is 11.0 Å². The minimum absolute atomic E-state index is 0.173. The molecule has 3 rings (SSSR count). The normalized spacial score (nSPS) is 10.6. The molecule has 1 heterocycles. The summed E-state index contributed by atoms with van der Waals surface area (Å²) in [6.45, 7) is -0.173. The van der Waals surface area contributed by atoms with Gasteiger partial charge in [0.2, 0.25) is 0 Å². The van der Waals surface area contributed by atoms with E-state index in [-0.39, 0.29) is 12.5 Å². The highest BCUT2D eigenvalue weighted by molar-refractivity contribution is 6.35. The van der Waals surface area contributed by atoms with Crippen LogP contribution in [-0.2, 0) is 4.79 Å².